The van der Waals surface area contributed by atoms with E-state index in [1.807, 2.05) is 0 Å². The van der Waals surface area contributed by atoms with Crippen molar-refractivity contribution in [1.82, 2.24) is 0 Å². The minimum absolute atomic E-state index is 0.0239. The van der Waals surface area contributed by atoms with Crippen molar-refractivity contribution in [2.24, 2.45) is 0 Å². The molecule has 2 aliphatic rings. The summed E-state index contributed by atoms with van der Waals surface area (Å²) in [5.41, 5.74) is 6.16. The van der Waals surface area contributed by atoms with Crippen LogP contribution in [0.4, 0.5) is 4.20 Å². The van der Waals surface area contributed by atoms with E-state index in [0.29, 0.717) is 6.42 Å². The molecule has 0 saturated heterocycles. The molecule has 4 rings (SSSR count). The highest BCUT2D eigenvalue weighted by molar-refractivity contribution is 7.40. The predicted octanol–water partition coefficient (Wildman–Crippen LogP) is 10.00. The van der Waals surface area contributed by atoms with Gasteiger partial charge in [0.25, 0.3) is 0 Å². The highest BCUT2D eigenvalue weighted by Gasteiger charge is 2.46. The van der Waals surface area contributed by atoms with Gasteiger partial charge in [0, 0.05) is 0 Å². The molecule has 0 spiro atoms. The van der Waals surface area contributed by atoms with Gasteiger partial charge in [0.1, 0.15) is 5.60 Å². The molecule has 1 atom stereocenters. The van der Waals surface area contributed by atoms with Gasteiger partial charge in [0.15, 0.2) is 0 Å². The summed E-state index contributed by atoms with van der Waals surface area (Å²) in [5, 5.41) is 0. The first kappa shape index (κ1) is 27.7. The summed E-state index contributed by atoms with van der Waals surface area (Å²) in [7, 11) is -3.06. The number of aryl methyl sites for hydroxylation is 2. The van der Waals surface area contributed by atoms with Crippen molar-refractivity contribution >= 4 is 8.69 Å². The summed E-state index contributed by atoms with van der Waals surface area (Å²) in [6.45, 7) is 11.2. The lowest BCUT2D eigenvalue weighted by atomic mass is 9.63. The Morgan fingerprint density at radius 3 is 1.58 bits per heavy atom. The second kappa shape index (κ2) is 11.2. The highest BCUT2D eigenvalue weighted by Crippen LogP contribution is 2.55. The largest absolute Gasteiger partial charge is 0.373 e. The fourth-order valence-corrected chi connectivity index (χ4v) is 7.81. The molecule has 0 heterocycles. The lowest BCUT2D eigenvalue weighted by Crippen LogP contribution is -2.38. The third-order valence-corrected chi connectivity index (χ3v) is 9.73. The molecule has 2 fully saturated rings. The maximum atomic E-state index is 14.8. The minimum atomic E-state index is -3.06. The first-order chi connectivity index (χ1) is 17.1. The van der Waals surface area contributed by atoms with Crippen molar-refractivity contribution in [1.29, 1.82) is 0 Å². The van der Waals surface area contributed by atoms with E-state index in [-0.39, 0.29) is 10.8 Å². The number of halogens is 1. The zero-order chi connectivity index (χ0) is 26.0. The van der Waals surface area contributed by atoms with Crippen LogP contribution in [-0.4, -0.2) is 4.89 Å². The Morgan fingerprint density at radius 1 is 0.806 bits per heavy atom. The quantitative estimate of drug-likeness (QED) is 0.357. The van der Waals surface area contributed by atoms with Crippen LogP contribution in [0, 0.1) is 13.8 Å². The van der Waals surface area contributed by atoms with Gasteiger partial charge >= 0.3 is 8.69 Å². The standard InChI is InChI=1S/C32H46FO2P/c1-6-17-32(35-36(33)34,26-15-13-24(2)22-28(26)30(4)18-9-7-10-19-30)27-16-14-25(3)23-29(27)31(5)20-11-8-12-21-31/h13-16,22-23,34H,6-12,17-21H2,1-5H3. The van der Waals surface area contributed by atoms with E-state index in [1.165, 1.54) is 60.8 Å². The van der Waals surface area contributed by atoms with E-state index in [2.05, 4.69) is 71.0 Å². The monoisotopic (exact) mass is 512 g/mol. The molecule has 198 valence electrons. The molecule has 0 amide bonds. The minimum Gasteiger partial charge on any atom is -0.325 e. The van der Waals surface area contributed by atoms with E-state index in [1.54, 1.807) is 0 Å². The Kier molecular flexibility index (Phi) is 8.65. The Balaban J connectivity index is 2.02. The Morgan fingerprint density at radius 2 is 1.22 bits per heavy atom. The van der Waals surface area contributed by atoms with Gasteiger partial charge in [-0.05, 0) is 79.0 Å². The predicted molar refractivity (Wildman–Crippen MR) is 150 cm³/mol. The first-order valence-electron chi connectivity index (χ1n) is 14.2. The van der Waals surface area contributed by atoms with Gasteiger partial charge < -0.3 is 4.89 Å². The zero-order valence-electron chi connectivity index (χ0n) is 23.1. The summed E-state index contributed by atoms with van der Waals surface area (Å²) >= 11 is 0. The van der Waals surface area contributed by atoms with E-state index < -0.39 is 14.3 Å². The van der Waals surface area contributed by atoms with Crippen LogP contribution in [0.15, 0.2) is 36.4 Å². The fourth-order valence-electron chi connectivity index (χ4n) is 7.26. The molecule has 0 aliphatic heterocycles. The summed E-state index contributed by atoms with van der Waals surface area (Å²) in [6.07, 6.45) is 13.4. The second-order valence-corrected chi connectivity index (χ2v) is 12.9. The molecule has 0 radical (unpaired) electrons. The molecule has 0 bridgehead atoms. The molecular weight excluding hydrogens is 466 g/mol. The second-order valence-electron chi connectivity index (χ2n) is 12.2. The summed E-state index contributed by atoms with van der Waals surface area (Å²) in [4.78, 5) is 10.3. The molecule has 36 heavy (non-hydrogen) atoms. The van der Waals surface area contributed by atoms with Gasteiger partial charge in [0.2, 0.25) is 0 Å². The molecule has 2 aromatic rings. The van der Waals surface area contributed by atoms with E-state index in [4.69, 9.17) is 4.52 Å². The van der Waals surface area contributed by atoms with Crippen molar-refractivity contribution in [3.05, 3.63) is 69.8 Å². The van der Waals surface area contributed by atoms with Crippen LogP contribution in [0.2, 0.25) is 0 Å². The van der Waals surface area contributed by atoms with E-state index in [9.17, 15) is 9.09 Å². The van der Waals surface area contributed by atoms with E-state index >= 15 is 0 Å². The third-order valence-electron chi connectivity index (χ3n) is 9.27. The normalized spacial score (nSPS) is 20.8. The molecule has 2 aromatic carbocycles. The van der Waals surface area contributed by atoms with Gasteiger partial charge in [-0.3, -0.25) is 4.52 Å². The van der Waals surface area contributed by atoms with Crippen LogP contribution in [0.1, 0.15) is 131 Å². The molecule has 2 aliphatic carbocycles. The third kappa shape index (κ3) is 5.45. The Bertz CT molecular complexity index is 961. The topological polar surface area (TPSA) is 29.5 Å². The molecule has 2 saturated carbocycles. The van der Waals surface area contributed by atoms with Crippen LogP contribution >= 0.6 is 8.69 Å². The van der Waals surface area contributed by atoms with Crippen LogP contribution in [0.25, 0.3) is 0 Å². The van der Waals surface area contributed by atoms with Crippen LogP contribution in [-0.2, 0) is 21.0 Å². The van der Waals surface area contributed by atoms with Gasteiger partial charge in [-0.2, -0.15) is 4.20 Å². The summed E-state index contributed by atoms with van der Waals surface area (Å²) in [5.74, 6) is 0. The van der Waals surface area contributed by atoms with Crippen molar-refractivity contribution in [3.8, 4) is 0 Å². The lowest BCUT2D eigenvalue weighted by molar-refractivity contribution is 0.0846. The maximum absolute atomic E-state index is 14.8. The molecular formula is C32H46FO2P. The van der Waals surface area contributed by atoms with Crippen molar-refractivity contribution in [3.63, 3.8) is 0 Å². The fraction of sp³-hybridized carbons (Fsp3) is 0.625. The summed E-state index contributed by atoms with van der Waals surface area (Å²) in [6, 6.07) is 13.3. The smallest absolute Gasteiger partial charge is 0.325 e. The maximum Gasteiger partial charge on any atom is 0.373 e. The average molecular weight is 513 g/mol. The summed E-state index contributed by atoms with van der Waals surface area (Å²) < 4.78 is 21.0. The molecule has 4 heteroatoms. The first-order valence-corrected chi connectivity index (χ1v) is 15.3. The van der Waals surface area contributed by atoms with Gasteiger partial charge in [-0.25, -0.2) is 0 Å². The zero-order valence-corrected chi connectivity index (χ0v) is 24.0. The number of benzene rings is 2. The van der Waals surface area contributed by atoms with Gasteiger partial charge in [-0.15, -0.1) is 0 Å². The van der Waals surface area contributed by atoms with Gasteiger partial charge in [0.05, 0.1) is 0 Å². The van der Waals surface area contributed by atoms with Gasteiger partial charge in [-0.1, -0.05) is 113 Å². The Labute approximate surface area is 220 Å². The van der Waals surface area contributed by atoms with Crippen molar-refractivity contribution in [2.75, 3.05) is 0 Å². The molecule has 0 aromatic heterocycles. The number of hydrogen-bond donors (Lipinski definition) is 1. The Hall–Kier alpha value is -1.28. The van der Waals surface area contributed by atoms with E-state index in [0.717, 1.165) is 43.2 Å². The van der Waals surface area contributed by atoms with Crippen LogP contribution in [0.3, 0.4) is 0 Å². The SMILES string of the molecule is CCCC(OP(O)F)(c1ccc(C)cc1C1(C)CCCCC1)c1ccc(C)cc1C1(C)CCCCC1. The van der Waals surface area contributed by atoms with Crippen molar-refractivity contribution in [2.45, 2.75) is 128 Å². The number of rotatable bonds is 8. The molecule has 2 nitrogen and oxygen atoms in total. The highest BCUT2D eigenvalue weighted by atomic mass is 31.2. The van der Waals surface area contributed by atoms with Crippen LogP contribution < -0.4 is 0 Å². The molecule has 1 unspecified atom stereocenters. The lowest BCUT2D eigenvalue weighted by Gasteiger charge is -2.45. The average Bonchev–Trinajstić information content (AvgIpc) is 2.84. The molecule has 1 N–H and O–H groups in total. The number of hydrogen-bond acceptors (Lipinski definition) is 2. The van der Waals surface area contributed by atoms with Crippen molar-refractivity contribution < 1.29 is 13.6 Å². The van der Waals surface area contributed by atoms with Crippen LogP contribution in [0.5, 0.6) is 0 Å².